The van der Waals surface area contributed by atoms with Gasteiger partial charge in [-0.15, -0.1) is 11.8 Å². The third kappa shape index (κ3) is 4.60. The first-order chi connectivity index (χ1) is 10.6. The van der Waals surface area contributed by atoms with Gasteiger partial charge in [-0.25, -0.2) is 0 Å². The summed E-state index contributed by atoms with van der Waals surface area (Å²) in [5.74, 6) is 0.586. The van der Waals surface area contributed by atoms with Crippen LogP contribution >= 0.6 is 11.8 Å². The van der Waals surface area contributed by atoms with Crippen LogP contribution in [0.5, 0.6) is 0 Å². The van der Waals surface area contributed by atoms with Crippen LogP contribution in [0.3, 0.4) is 0 Å². The van der Waals surface area contributed by atoms with Crippen molar-refractivity contribution in [2.45, 2.75) is 18.2 Å². The summed E-state index contributed by atoms with van der Waals surface area (Å²) in [5.41, 5.74) is 1.31. The van der Waals surface area contributed by atoms with Crippen LogP contribution in [0.1, 0.15) is 12.0 Å². The van der Waals surface area contributed by atoms with Crippen LogP contribution in [0.2, 0.25) is 0 Å². The minimum Gasteiger partial charge on any atom is -0.326 e. The Balaban J connectivity index is 1.85. The van der Waals surface area contributed by atoms with Crippen molar-refractivity contribution < 1.29 is 9.72 Å². The highest BCUT2D eigenvalue weighted by molar-refractivity contribution is 7.99. The average Bonchev–Trinajstić information content (AvgIpc) is 2.50. The predicted molar refractivity (Wildman–Crippen MR) is 88.2 cm³/mol. The fourth-order valence-electron chi connectivity index (χ4n) is 1.89. The largest absolute Gasteiger partial charge is 0.326 e. The standard InChI is InChI=1S/C16H16N2O3S/c1-12-11-13(18(20)21)7-8-15(12)17-16(19)9-10-22-14-5-3-2-4-6-14/h2-8,11H,9-10H2,1H3,(H,17,19). The molecule has 0 heterocycles. The monoisotopic (exact) mass is 316 g/mol. The summed E-state index contributed by atoms with van der Waals surface area (Å²) in [6.07, 6.45) is 0.385. The number of rotatable bonds is 6. The van der Waals surface area contributed by atoms with Gasteiger partial charge >= 0.3 is 0 Å². The highest BCUT2D eigenvalue weighted by Crippen LogP contribution is 2.22. The van der Waals surface area contributed by atoms with Crippen molar-refractivity contribution in [2.24, 2.45) is 0 Å². The third-order valence-electron chi connectivity index (χ3n) is 3.04. The lowest BCUT2D eigenvalue weighted by Crippen LogP contribution is -2.13. The maximum Gasteiger partial charge on any atom is 0.269 e. The Labute approximate surface area is 132 Å². The Morgan fingerprint density at radius 3 is 2.59 bits per heavy atom. The van der Waals surface area contributed by atoms with Crippen molar-refractivity contribution in [1.29, 1.82) is 0 Å². The molecule has 1 N–H and O–H groups in total. The fraction of sp³-hybridized carbons (Fsp3) is 0.188. The minimum absolute atomic E-state index is 0.0233. The molecule has 5 nitrogen and oxygen atoms in total. The summed E-state index contributed by atoms with van der Waals surface area (Å²) in [6, 6.07) is 14.3. The molecule has 2 aromatic rings. The van der Waals surface area contributed by atoms with Gasteiger partial charge in [0.1, 0.15) is 0 Å². The summed E-state index contributed by atoms with van der Waals surface area (Å²) in [5, 5.41) is 13.5. The molecule has 6 heteroatoms. The molecule has 0 radical (unpaired) electrons. The SMILES string of the molecule is Cc1cc([N+](=O)[O-])ccc1NC(=O)CCSc1ccccc1. The molecule has 0 fully saturated rings. The molecular weight excluding hydrogens is 300 g/mol. The third-order valence-corrected chi connectivity index (χ3v) is 4.05. The zero-order valence-corrected chi connectivity index (χ0v) is 12.9. The number of nitrogens with zero attached hydrogens (tertiary/aromatic N) is 1. The quantitative estimate of drug-likeness (QED) is 0.496. The smallest absolute Gasteiger partial charge is 0.269 e. The van der Waals surface area contributed by atoms with Gasteiger partial charge in [-0.05, 0) is 30.7 Å². The van der Waals surface area contributed by atoms with Crippen LogP contribution in [-0.4, -0.2) is 16.6 Å². The van der Waals surface area contributed by atoms with Crippen molar-refractivity contribution in [1.82, 2.24) is 0 Å². The van der Waals surface area contributed by atoms with Gasteiger partial charge < -0.3 is 5.32 Å². The molecule has 114 valence electrons. The molecule has 0 aromatic heterocycles. The van der Waals surface area contributed by atoms with E-state index in [1.807, 2.05) is 30.3 Å². The topological polar surface area (TPSA) is 72.2 Å². The summed E-state index contributed by atoms with van der Waals surface area (Å²) >= 11 is 1.62. The van der Waals surface area contributed by atoms with E-state index < -0.39 is 4.92 Å². The second kappa shape index (κ2) is 7.61. The van der Waals surface area contributed by atoms with Crippen LogP contribution in [-0.2, 0) is 4.79 Å². The number of amides is 1. The van der Waals surface area contributed by atoms with Gasteiger partial charge in [0, 0.05) is 34.9 Å². The van der Waals surface area contributed by atoms with E-state index in [9.17, 15) is 14.9 Å². The summed E-state index contributed by atoms with van der Waals surface area (Å²) in [7, 11) is 0. The number of hydrogen-bond donors (Lipinski definition) is 1. The van der Waals surface area contributed by atoms with Gasteiger partial charge in [0.2, 0.25) is 5.91 Å². The van der Waals surface area contributed by atoms with Crippen molar-refractivity contribution >= 4 is 29.0 Å². The van der Waals surface area contributed by atoms with E-state index in [1.54, 1.807) is 24.8 Å². The molecule has 22 heavy (non-hydrogen) atoms. The number of carbonyl (C=O) groups is 1. The van der Waals surface area contributed by atoms with Gasteiger partial charge in [-0.1, -0.05) is 18.2 Å². The number of nitro groups is 1. The number of carbonyl (C=O) groups excluding carboxylic acids is 1. The number of non-ortho nitro benzene ring substituents is 1. The van der Waals surface area contributed by atoms with E-state index in [2.05, 4.69) is 5.32 Å². The zero-order chi connectivity index (χ0) is 15.9. The van der Waals surface area contributed by atoms with Crippen molar-refractivity contribution in [2.75, 3.05) is 11.1 Å². The Morgan fingerprint density at radius 1 is 1.23 bits per heavy atom. The van der Waals surface area contributed by atoms with Crippen molar-refractivity contribution in [3.8, 4) is 0 Å². The number of hydrogen-bond acceptors (Lipinski definition) is 4. The van der Waals surface area contributed by atoms with Crippen molar-refractivity contribution in [3.05, 3.63) is 64.2 Å². The molecule has 0 bridgehead atoms. The summed E-state index contributed by atoms with van der Waals surface area (Å²) < 4.78 is 0. The van der Waals surface area contributed by atoms with E-state index in [0.717, 1.165) is 4.90 Å². The Bertz CT molecular complexity index is 674. The van der Waals surface area contributed by atoms with E-state index in [0.29, 0.717) is 23.4 Å². The molecular formula is C16H16N2O3S. The molecule has 0 aliphatic carbocycles. The number of anilines is 1. The maximum absolute atomic E-state index is 11.9. The zero-order valence-electron chi connectivity index (χ0n) is 12.1. The number of nitrogens with one attached hydrogen (secondary N) is 1. The summed E-state index contributed by atoms with van der Waals surface area (Å²) in [6.45, 7) is 1.74. The van der Waals surface area contributed by atoms with E-state index in [4.69, 9.17) is 0 Å². The molecule has 2 aromatic carbocycles. The van der Waals surface area contributed by atoms with Gasteiger partial charge in [0.25, 0.3) is 5.69 Å². The lowest BCUT2D eigenvalue weighted by molar-refractivity contribution is -0.384. The van der Waals surface area contributed by atoms with Crippen LogP contribution in [0.15, 0.2) is 53.4 Å². The molecule has 0 spiro atoms. The molecule has 0 aliphatic heterocycles. The molecule has 0 unspecified atom stereocenters. The van der Waals surface area contributed by atoms with Gasteiger partial charge in [-0.2, -0.15) is 0 Å². The number of nitro benzene ring substituents is 1. The average molecular weight is 316 g/mol. The predicted octanol–water partition coefficient (Wildman–Crippen LogP) is 4.02. The van der Waals surface area contributed by atoms with Gasteiger partial charge in [-0.3, -0.25) is 14.9 Å². The van der Waals surface area contributed by atoms with Crippen LogP contribution < -0.4 is 5.32 Å². The Morgan fingerprint density at radius 2 is 1.95 bits per heavy atom. The second-order valence-electron chi connectivity index (χ2n) is 4.72. The molecule has 0 saturated carbocycles. The minimum atomic E-state index is -0.449. The summed E-state index contributed by atoms with van der Waals surface area (Å²) in [4.78, 5) is 23.3. The lowest BCUT2D eigenvalue weighted by Gasteiger charge is -2.08. The molecule has 0 atom stereocenters. The number of thioether (sulfide) groups is 1. The molecule has 2 rings (SSSR count). The van der Waals surface area contributed by atoms with Crippen molar-refractivity contribution in [3.63, 3.8) is 0 Å². The molecule has 0 saturated heterocycles. The first-order valence-corrected chi connectivity index (χ1v) is 7.77. The molecule has 0 aliphatic rings. The van der Waals surface area contributed by atoms with E-state index in [-0.39, 0.29) is 11.6 Å². The first-order valence-electron chi connectivity index (χ1n) is 6.79. The van der Waals surface area contributed by atoms with Crippen LogP contribution in [0, 0.1) is 17.0 Å². The Hall–Kier alpha value is -2.34. The van der Waals surface area contributed by atoms with Crippen LogP contribution in [0.25, 0.3) is 0 Å². The highest BCUT2D eigenvalue weighted by atomic mass is 32.2. The van der Waals surface area contributed by atoms with Gasteiger partial charge in [0.05, 0.1) is 4.92 Å². The van der Waals surface area contributed by atoms with E-state index in [1.165, 1.54) is 12.1 Å². The van der Waals surface area contributed by atoms with E-state index >= 15 is 0 Å². The fourth-order valence-corrected chi connectivity index (χ4v) is 2.77. The maximum atomic E-state index is 11.9. The number of aryl methyl sites for hydroxylation is 1. The highest BCUT2D eigenvalue weighted by Gasteiger charge is 2.10. The normalized spacial score (nSPS) is 10.2. The second-order valence-corrected chi connectivity index (χ2v) is 5.88. The first kappa shape index (κ1) is 16.0. The molecule has 1 amide bonds. The lowest BCUT2D eigenvalue weighted by atomic mass is 10.2. The van der Waals surface area contributed by atoms with Crippen LogP contribution in [0.4, 0.5) is 11.4 Å². The van der Waals surface area contributed by atoms with Gasteiger partial charge in [0.15, 0.2) is 0 Å². The number of benzene rings is 2. The Kier molecular flexibility index (Phi) is 5.55.